The molecule has 5 nitrogen and oxygen atoms in total. The van der Waals surface area contributed by atoms with Gasteiger partial charge in [0, 0.05) is 6.20 Å². The second-order valence-electron chi connectivity index (χ2n) is 3.79. The molecule has 6 heteroatoms. The Morgan fingerprint density at radius 2 is 1.85 bits per heavy atom. The van der Waals surface area contributed by atoms with E-state index in [0.29, 0.717) is 6.61 Å². The highest BCUT2D eigenvalue weighted by Gasteiger charge is 2.14. The summed E-state index contributed by atoms with van der Waals surface area (Å²) >= 11 is 5.89. The Labute approximate surface area is 120 Å². The summed E-state index contributed by atoms with van der Waals surface area (Å²) in [5.74, 6) is -0.305. The summed E-state index contributed by atoms with van der Waals surface area (Å²) < 4.78 is 10.8. The molecule has 0 aliphatic rings. The summed E-state index contributed by atoms with van der Waals surface area (Å²) in [7, 11) is 0. The highest BCUT2D eigenvalue weighted by Crippen LogP contribution is 2.25. The lowest BCUT2D eigenvalue weighted by Gasteiger charge is -2.09. The van der Waals surface area contributed by atoms with Gasteiger partial charge < -0.3 is 14.6 Å². The van der Waals surface area contributed by atoms with Crippen LogP contribution in [0, 0.1) is 0 Å². The van der Waals surface area contributed by atoms with E-state index in [2.05, 4.69) is 4.98 Å². The standard InChI is InChI=1S/C14H12ClNO4/c15-12-11(14(17)18)6-7-16-13(12)20-9-8-19-10-4-2-1-3-5-10/h1-7H,8-9H2,(H,17,18). The van der Waals surface area contributed by atoms with Crippen molar-refractivity contribution in [2.45, 2.75) is 0 Å². The van der Waals surface area contributed by atoms with Crippen LogP contribution in [0.1, 0.15) is 10.4 Å². The smallest absolute Gasteiger partial charge is 0.337 e. The number of carboxylic acid groups (broad SMARTS) is 1. The zero-order valence-corrected chi connectivity index (χ0v) is 11.2. The topological polar surface area (TPSA) is 68.7 Å². The van der Waals surface area contributed by atoms with E-state index >= 15 is 0 Å². The van der Waals surface area contributed by atoms with Crippen LogP contribution < -0.4 is 9.47 Å². The molecule has 1 aromatic heterocycles. The molecule has 0 unspecified atom stereocenters. The first-order valence-corrected chi connectivity index (χ1v) is 6.24. The normalized spacial score (nSPS) is 10.1. The minimum absolute atomic E-state index is 0.0142. The molecule has 1 N–H and O–H groups in total. The Hall–Kier alpha value is -2.27. The third-order valence-corrected chi connectivity index (χ3v) is 2.79. The number of halogens is 1. The lowest BCUT2D eigenvalue weighted by atomic mass is 10.3. The summed E-state index contributed by atoms with van der Waals surface area (Å²) in [4.78, 5) is 14.8. The number of ether oxygens (including phenoxy) is 2. The van der Waals surface area contributed by atoms with Crippen molar-refractivity contribution in [1.82, 2.24) is 4.98 Å². The monoisotopic (exact) mass is 293 g/mol. The number of para-hydroxylation sites is 1. The number of carboxylic acids is 1. The van der Waals surface area contributed by atoms with E-state index in [1.54, 1.807) is 0 Å². The molecule has 0 saturated heterocycles. The van der Waals surface area contributed by atoms with E-state index in [1.807, 2.05) is 30.3 Å². The summed E-state index contributed by atoms with van der Waals surface area (Å²) in [5, 5.41) is 8.90. The summed E-state index contributed by atoms with van der Waals surface area (Å²) in [5.41, 5.74) is -0.0411. The fourth-order valence-corrected chi connectivity index (χ4v) is 1.75. The number of hydrogen-bond acceptors (Lipinski definition) is 4. The Morgan fingerprint density at radius 3 is 2.55 bits per heavy atom. The Morgan fingerprint density at radius 1 is 1.15 bits per heavy atom. The predicted molar refractivity (Wildman–Crippen MR) is 73.6 cm³/mol. The molecule has 0 spiro atoms. The molecule has 0 aliphatic carbocycles. The summed E-state index contributed by atoms with van der Waals surface area (Å²) in [6, 6.07) is 10.6. The van der Waals surface area contributed by atoms with Crippen LogP contribution in [0.4, 0.5) is 0 Å². The first-order valence-electron chi connectivity index (χ1n) is 5.87. The van der Waals surface area contributed by atoms with Gasteiger partial charge in [0.05, 0.1) is 5.56 Å². The van der Waals surface area contributed by atoms with Crippen LogP contribution >= 0.6 is 11.6 Å². The second-order valence-corrected chi connectivity index (χ2v) is 4.17. The molecule has 0 saturated carbocycles. The molecule has 0 amide bonds. The van der Waals surface area contributed by atoms with Gasteiger partial charge in [-0.05, 0) is 18.2 Å². The SMILES string of the molecule is O=C(O)c1ccnc(OCCOc2ccccc2)c1Cl. The van der Waals surface area contributed by atoms with Crippen LogP contribution in [0.15, 0.2) is 42.6 Å². The predicted octanol–water partition coefficient (Wildman–Crippen LogP) is 2.89. The van der Waals surface area contributed by atoms with Crippen LogP contribution in [0.25, 0.3) is 0 Å². The van der Waals surface area contributed by atoms with Gasteiger partial charge in [-0.3, -0.25) is 0 Å². The van der Waals surface area contributed by atoms with E-state index in [9.17, 15) is 4.79 Å². The van der Waals surface area contributed by atoms with E-state index in [0.717, 1.165) is 5.75 Å². The Kier molecular flexibility index (Phi) is 4.79. The van der Waals surface area contributed by atoms with Crippen molar-refractivity contribution in [2.24, 2.45) is 0 Å². The minimum Gasteiger partial charge on any atom is -0.490 e. The number of aromatic nitrogens is 1. The van der Waals surface area contributed by atoms with E-state index in [1.165, 1.54) is 12.3 Å². The Bertz CT molecular complexity index is 589. The molecule has 0 aliphatic heterocycles. The number of nitrogens with zero attached hydrogens (tertiary/aromatic N) is 1. The molecule has 104 valence electrons. The van der Waals surface area contributed by atoms with Crippen molar-refractivity contribution in [2.75, 3.05) is 13.2 Å². The van der Waals surface area contributed by atoms with Crippen LogP contribution in [-0.2, 0) is 0 Å². The van der Waals surface area contributed by atoms with Crippen molar-refractivity contribution in [3.63, 3.8) is 0 Å². The van der Waals surface area contributed by atoms with Crippen LogP contribution in [0.3, 0.4) is 0 Å². The highest BCUT2D eigenvalue weighted by molar-refractivity contribution is 6.34. The average Bonchev–Trinajstić information content (AvgIpc) is 2.46. The molecule has 20 heavy (non-hydrogen) atoms. The number of pyridine rings is 1. The second kappa shape index (κ2) is 6.77. The van der Waals surface area contributed by atoms with Gasteiger partial charge in [-0.15, -0.1) is 0 Å². The first kappa shape index (κ1) is 14.1. The van der Waals surface area contributed by atoms with Crippen molar-refractivity contribution in [3.8, 4) is 11.6 Å². The molecular formula is C14H12ClNO4. The molecule has 1 heterocycles. The highest BCUT2D eigenvalue weighted by atomic mass is 35.5. The fraction of sp³-hybridized carbons (Fsp3) is 0.143. The van der Waals surface area contributed by atoms with Crippen LogP contribution in [0.2, 0.25) is 5.02 Å². The van der Waals surface area contributed by atoms with Crippen molar-refractivity contribution < 1.29 is 19.4 Å². The van der Waals surface area contributed by atoms with Gasteiger partial charge in [-0.1, -0.05) is 29.8 Å². The molecule has 2 aromatic rings. The maximum Gasteiger partial charge on any atom is 0.337 e. The third kappa shape index (κ3) is 3.61. The van der Waals surface area contributed by atoms with Gasteiger partial charge in [0.15, 0.2) is 0 Å². The summed E-state index contributed by atoms with van der Waals surface area (Å²) in [6.45, 7) is 0.518. The van der Waals surface area contributed by atoms with Crippen molar-refractivity contribution >= 4 is 17.6 Å². The van der Waals surface area contributed by atoms with Gasteiger partial charge in [0.2, 0.25) is 5.88 Å². The largest absolute Gasteiger partial charge is 0.490 e. The van der Waals surface area contributed by atoms with E-state index in [4.69, 9.17) is 26.2 Å². The van der Waals surface area contributed by atoms with Crippen LogP contribution in [0.5, 0.6) is 11.6 Å². The molecule has 0 fully saturated rings. The van der Waals surface area contributed by atoms with Crippen LogP contribution in [-0.4, -0.2) is 29.3 Å². The molecule has 2 rings (SSSR count). The van der Waals surface area contributed by atoms with Crippen molar-refractivity contribution in [3.05, 3.63) is 53.2 Å². The van der Waals surface area contributed by atoms with Crippen molar-refractivity contribution in [1.29, 1.82) is 0 Å². The van der Waals surface area contributed by atoms with Gasteiger partial charge in [0.25, 0.3) is 0 Å². The summed E-state index contributed by atoms with van der Waals surface area (Å²) in [6.07, 6.45) is 1.34. The number of hydrogen-bond donors (Lipinski definition) is 1. The fourth-order valence-electron chi connectivity index (χ4n) is 1.50. The zero-order chi connectivity index (χ0) is 14.4. The number of benzene rings is 1. The zero-order valence-electron chi connectivity index (χ0n) is 10.5. The number of rotatable bonds is 6. The third-order valence-electron chi connectivity index (χ3n) is 2.42. The Balaban J connectivity index is 1.88. The number of carbonyl (C=O) groups is 1. The molecular weight excluding hydrogens is 282 g/mol. The van der Waals surface area contributed by atoms with Gasteiger partial charge >= 0.3 is 5.97 Å². The average molecular weight is 294 g/mol. The van der Waals surface area contributed by atoms with E-state index < -0.39 is 5.97 Å². The molecule has 0 radical (unpaired) electrons. The van der Waals surface area contributed by atoms with Gasteiger partial charge in [0.1, 0.15) is 24.0 Å². The van der Waals surface area contributed by atoms with E-state index in [-0.39, 0.29) is 23.1 Å². The lowest BCUT2D eigenvalue weighted by molar-refractivity contribution is 0.0696. The quantitative estimate of drug-likeness (QED) is 0.829. The molecule has 0 atom stereocenters. The maximum absolute atomic E-state index is 10.9. The number of aromatic carboxylic acids is 1. The molecule has 1 aromatic carbocycles. The minimum atomic E-state index is -1.12. The lowest BCUT2D eigenvalue weighted by Crippen LogP contribution is -2.10. The maximum atomic E-state index is 10.9. The van der Waals surface area contributed by atoms with Gasteiger partial charge in [-0.25, -0.2) is 9.78 Å². The molecule has 0 bridgehead atoms. The van der Waals surface area contributed by atoms with Gasteiger partial charge in [-0.2, -0.15) is 0 Å². The first-order chi connectivity index (χ1) is 9.68.